The number of nitrogens with one attached hydrogen (secondary N) is 4. The lowest BCUT2D eigenvalue weighted by Gasteiger charge is -2.30. The van der Waals surface area contributed by atoms with E-state index in [2.05, 4.69) is 39.5 Å². The van der Waals surface area contributed by atoms with Gasteiger partial charge in [-0.3, -0.25) is 9.59 Å². The van der Waals surface area contributed by atoms with E-state index in [-0.39, 0.29) is 17.9 Å². The highest BCUT2D eigenvalue weighted by atomic mass is 32.1. The van der Waals surface area contributed by atoms with Crippen molar-refractivity contribution in [2.75, 3.05) is 6.54 Å². The van der Waals surface area contributed by atoms with Gasteiger partial charge in [-0.15, -0.1) is 11.3 Å². The summed E-state index contributed by atoms with van der Waals surface area (Å²) in [6, 6.07) is 11.7. The molecule has 1 saturated heterocycles. The van der Waals surface area contributed by atoms with E-state index in [0.717, 1.165) is 37.4 Å². The molecule has 3 heterocycles. The van der Waals surface area contributed by atoms with Gasteiger partial charge in [0.05, 0.1) is 12.6 Å². The number of thiophene rings is 1. The fourth-order valence-corrected chi connectivity index (χ4v) is 5.18. The number of alkyl halides is 6. The first-order valence-corrected chi connectivity index (χ1v) is 13.6. The Kier molecular flexibility index (Phi) is 12.9. The first-order chi connectivity index (χ1) is 20.0. The first-order valence-electron chi connectivity index (χ1n) is 12.8. The largest absolute Gasteiger partial charge is 0.490 e. The van der Waals surface area contributed by atoms with E-state index in [0.29, 0.717) is 12.5 Å². The maximum absolute atomic E-state index is 12.7. The van der Waals surface area contributed by atoms with Gasteiger partial charge in [0.15, 0.2) is 0 Å². The number of benzene rings is 1. The first kappa shape index (κ1) is 35.5. The number of amides is 2. The van der Waals surface area contributed by atoms with Crippen LogP contribution in [-0.2, 0) is 38.8 Å². The van der Waals surface area contributed by atoms with Crippen LogP contribution in [0, 0.1) is 0 Å². The second-order valence-electron chi connectivity index (χ2n) is 9.46. The lowest BCUT2D eigenvalue weighted by Crippen LogP contribution is -2.53. The Morgan fingerprint density at radius 2 is 1.58 bits per heavy atom. The Hall–Kier alpha value is -3.70. The van der Waals surface area contributed by atoms with Crippen LogP contribution in [0.2, 0.25) is 0 Å². The van der Waals surface area contributed by atoms with Crippen LogP contribution in [0.4, 0.5) is 26.3 Å². The van der Waals surface area contributed by atoms with E-state index in [1.165, 1.54) is 16.0 Å². The predicted octanol–water partition coefficient (Wildman–Crippen LogP) is 3.27. The summed E-state index contributed by atoms with van der Waals surface area (Å²) in [5.41, 5.74) is 2.60. The molecule has 0 spiro atoms. The molecule has 10 nitrogen and oxygen atoms in total. The van der Waals surface area contributed by atoms with Crippen LogP contribution in [0.25, 0.3) is 0 Å². The minimum absolute atomic E-state index is 0.102. The third-order valence-electron chi connectivity index (χ3n) is 6.21. The molecule has 17 heteroatoms. The van der Waals surface area contributed by atoms with Crippen LogP contribution in [0.5, 0.6) is 0 Å². The number of carbonyl (C=O) groups excluding carboxylic acids is 2. The Labute approximate surface area is 245 Å². The normalized spacial score (nSPS) is 18.5. The van der Waals surface area contributed by atoms with Crippen molar-refractivity contribution in [3.05, 3.63) is 57.3 Å². The summed E-state index contributed by atoms with van der Waals surface area (Å²) >= 11 is 1.74. The summed E-state index contributed by atoms with van der Waals surface area (Å²) in [7, 11) is 0. The molecule has 1 unspecified atom stereocenters. The molecule has 0 bridgehead atoms. The van der Waals surface area contributed by atoms with Gasteiger partial charge in [0, 0.05) is 22.8 Å². The lowest BCUT2D eigenvalue weighted by atomic mass is 9.86. The van der Waals surface area contributed by atoms with Gasteiger partial charge in [0.2, 0.25) is 11.8 Å². The van der Waals surface area contributed by atoms with Gasteiger partial charge < -0.3 is 31.5 Å². The molecule has 0 radical (unpaired) electrons. The van der Waals surface area contributed by atoms with Crippen molar-refractivity contribution in [1.82, 2.24) is 21.3 Å². The molecular formula is C26H30F6N4O6S. The fourth-order valence-electron chi connectivity index (χ4n) is 4.08. The number of carbonyl (C=O) groups is 4. The second kappa shape index (κ2) is 15.7. The molecule has 1 aromatic heterocycles. The zero-order valence-electron chi connectivity index (χ0n) is 22.6. The van der Waals surface area contributed by atoms with Crippen molar-refractivity contribution < 1.29 is 55.7 Å². The van der Waals surface area contributed by atoms with Crippen molar-refractivity contribution in [2.45, 2.75) is 69.8 Å². The average Bonchev–Trinajstić information content (AvgIpc) is 3.54. The highest BCUT2D eigenvalue weighted by Crippen LogP contribution is 2.28. The standard InChI is InChI=1S/C22H28N4O2S.2C2HF3O2/c1-14(21(27)25-12-18-9-17-11-23-13-20(17)29-18)26-22(28)19-10-16(7-8-24-19)15-5-3-2-4-6-15;2*3-2(4,5)1(6)7/h2-6,9,14,16,19,23-24H,7-8,10-13H2,1H3,(H,25,27)(H,26,28);2*(H,6,7)/t14?,16-,19+;;/m0../s1. The number of carboxylic acids is 2. The number of hydrogen-bond donors (Lipinski definition) is 6. The number of carboxylic acid groups (broad SMARTS) is 2. The van der Waals surface area contributed by atoms with Gasteiger partial charge in [0.1, 0.15) is 6.04 Å². The Balaban J connectivity index is 0.000000384. The summed E-state index contributed by atoms with van der Waals surface area (Å²) in [6.45, 7) is 4.87. The van der Waals surface area contributed by atoms with Crippen molar-refractivity contribution >= 4 is 35.1 Å². The highest BCUT2D eigenvalue weighted by molar-refractivity contribution is 7.12. The Bertz CT molecular complexity index is 1210. The van der Waals surface area contributed by atoms with E-state index < -0.39 is 30.3 Å². The van der Waals surface area contributed by atoms with Crippen molar-refractivity contribution in [2.24, 2.45) is 0 Å². The Morgan fingerprint density at radius 1 is 1.00 bits per heavy atom. The summed E-state index contributed by atoms with van der Waals surface area (Å²) < 4.78 is 63.5. The van der Waals surface area contributed by atoms with Gasteiger partial charge in [-0.25, -0.2) is 9.59 Å². The van der Waals surface area contributed by atoms with Gasteiger partial charge >= 0.3 is 24.3 Å². The molecule has 4 rings (SSSR count). The van der Waals surface area contributed by atoms with Gasteiger partial charge in [-0.2, -0.15) is 26.3 Å². The third-order valence-corrected chi connectivity index (χ3v) is 7.39. The van der Waals surface area contributed by atoms with E-state index in [4.69, 9.17) is 19.8 Å². The minimum Gasteiger partial charge on any atom is -0.475 e. The summed E-state index contributed by atoms with van der Waals surface area (Å²) in [6.07, 6.45) is -8.40. The SMILES string of the molecule is CC(NC(=O)[C@H]1C[C@@H](c2ccccc2)CCN1)C(=O)NCc1cc2c(s1)CNC2.O=C(O)C(F)(F)F.O=C(O)C(F)(F)F. The molecule has 0 saturated carbocycles. The molecule has 43 heavy (non-hydrogen) atoms. The van der Waals surface area contributed by atoms with Gasteiger partial charge in [-0.05, 0) is 49.4 Å². The molecule has 1 aromatic carbocycles. The van der Waals surface area contributed by atoms with E-state index >= 15 is 0 Å². The van der Waals surface area contributed by atoms with Crippen LogP contribution < -0.4 is 21.3 Å². The van der Waals surface area contributed by atoms with Crippen molar-refractivity contribution in [3.63, 3.8) is 0 Å². The van der Waals surface area contributed by atoms with Crippen LogP contribution in [-0.4, -0.2) is 64.9 Å². The molecule has 238 valence electrons. The fraction of sp³-hybridized carbons (Fsp3) is 0.462. The topological polar surface area (TPSA) is 157 Å². The van der Waals surface area contributed by atoms with Crippen LogP contribution in [0.15, 0.2) is 36.4 Å². The number of rotatable bonds is 6. The molecule has 2 amide bonds. The van der Waals surface area contributed by atoms with E-state index in [1.54, 1.807) is 18.3 Å². The van der Waals surface area contributed by atoms with Crippen LogP contribution in [0.1, 0.15) is 46.6 Å². The summed E-state index contributed by atoms with van der Waals surface area (Å²) in [5, 5.41) is 26.7. The number of halogens is 6. The maximum atomic E-state index is 12.7. The Morgan fingerprint density at radius 3 is 2.12 bits per heavy atom. The minimum atomic E-state index is -5.08. The van der Waals surface area contributed by atoms with Crippen LogP contribution >= 0.6 is 11.3 Å². The molecule has 6 N–H and O–H groups in total. The van der Waals surface area contributed by atoms with Gasteiger partial charge in [-0.1, -0.05) is 30.3 Å². The molecular weight excluding hydrogens is 610 g/mol. The number of piperidine rings is 1. The van der Waals surface area contributed by atoms with E-state index in [1.807, 2.05) is 18.2 Å². The summed E-state index contributed by atoms with van der Waals surface area (Å²) in [4.78, 5) is 45.4. The zero-order chi connectivity index (χ0) is 32.4. The third kappa shape index (κ3) is 11.8. The lowest BCUT2D eigenvalue weighted by molar-refractivity contribution is -0.193. The van der Waals surface area contributed by atoms with E-state index in [9.17, 15) is 35.9 Å². The zero-order valence-corrected chi connectivity index (χ0v) is 23.5. The molecule has 1 fully saturated rings. The highest BCUT2D eigenvalue weighted by Gasteiger charge is 2.39. The van der Waals surface area contributed by atoms with Crippen molar-refractivity contribution in [3.8, 4) is 0 Å². The molecule has 0 aliphatic carbocycles. The molecule has 2 aliphatic rings. The summed E-state index contributed by atoms with van der Waals surface area (Å²) in [5.74, 6) is -5.40. The number of hydrogen-bond acceptors (Lipinski definition) is 7. The number of aliphatic carboxylic acids is 2. The van der Waals surface area contributed by atoms with Gasteiger partial charge in [0.25, 0.3) is 0 Å². The molecule has 2 aliphatic heterocycles. The smallest absolute Gasteiger partial charge is 0.475 e. The molecule has 3 atom stereocenters. The average molecular weight is 641 g/mol. The van der Waals surface area contributed by atoms with Crippen LogP contribution in [0.3, 0.4) is 0 Å². The monoisotopic (exact) mass is 640 g/mol. The quantitative estimate of drug-likeness (QED) is 0.263. The molecule has 2 aromatic rings. The second-order valence-corrected chi connectivity index (χ2v) is 10.7. The number of fused-ring (bicyclic) bond motifs is 1. The van der Waals surface area contributed by atoms with Crippen molar-refractivity contribution in [1.29, 1.82) is 0 Å². The maximum Gasteiger partial charge on any atom is 0.490 e. The predicted molar refractivity (Wildman–Crippen MR) is 142 cm³/mol.